The van der Waals surface area contributed by atoms with E-state index in [-0.39, 0.29) is 18.1 Å². The number of aliphatic hydroxyl groups is 2. The van der Waals surface area contributed by atoms with Gasteiger partial charge in [0.25, 0.3) is 5.91 Å². The molecule has 12 heteroatoms. The number of amides is 1. The van der Waals surface area contributed by atoms with Gasteiger partial charge in [0, 0.05) is 12.4 Å². The smallest absolute Gasteiger partial charge is 0.309 e. The van der Waals surface area contributed by atoms with Crippen LogP contribution >= 0.6 is 11.8 Å². The van der Waals surface area contributed by atoms with Crippen LogP contribution in [0.1, 0.15) is 22.5 Å². The van der Waals surface area contributed by atoms with Crippen molar-refractivity contribution in [3.63, 3.8) is 0 Å². The second-order valence-electron chi connectivity index (χ2n) is 6.39. The summed E-state index contributed by atoms with van der Waals surface area (Å²) in [6.07, 6.45) is 5.35. The normalized spacial score (nSPS) is 14.8. The number of thioether (sulfide) groups is 1. The van der Waals surface area contributed by atoms with Crippen molar-refractivity contribution in [3.8, 4) is 0 Å². The van der Waals surface area contributed by atoms with Gasteiger partial charge in [0.1, 0.15) is 12.4 Å². The van der Waals surface area contributed by atoms with Crippen molar-refractivity contribution in [2.24, 2.45) is 0 Å². The van der Waals surface area contributed by atoms with Gasteiger partial charge in [-0.05, 0) is 42.5 Å². The largest absolute Gasteiger partial charge is 0.431 e. The summed E-state index contributed by atoms with van der Waals surface area (Å²) >= 11 is 1.54. The number of pyridine rings is 1. The maximum absolute atomic E-state index is 12.5. The van der Waals surface area contributed by atoms with Crippen LogP contribution in [0.15, 0.2) is 35.2 Å². The minimum absolute atomic E-state index is 0.165. The van der Waals surface area contributed by atoms with Crippen molar-refractivity contribution in [1.82, 2.24) is 15.3 Å². The van der Waals surface area contributed by atoms with Gasteiger partial charge in [0.15, 0.2) is 5.69 Å². The fourth-order valence-corrected chi connectivity index (χ4v) is 3.42. The number of hydrogen-bond acceptors (Lipinski definition) is 9. The molecule has 0 bridgehead atoms. The van der Waals surface area contributed by atoms with Gasteiger partial charge in [0.2, 0.25) is 10.0 Å². The van der Waals surface area contributed by atoms with Gasteiger partial charge in [-0.25, -0.2) is 13.1 Å². The van der Waals surface area contributed by atoms with Crippen LogP contribution in [0.25, 0.3) is 0 Å². The molecule has 0 saturated heterocycles. The number of aliphatic hydroxyl groups excluding tert-OH is 2. The molecule has 0 aliphatic carbocycles. The molecule has 3 atom stereocenters. The molecule has 160 valence electrons. The van der Waals surface area contributed by atoms with E-state index in [9.17, 15) is 23.4 Å². The van der Waals surface area contributed by atoms with Crippen LogP contribution < -0.4 is 10.0 Å². The molecule has 0 radical (unpaired) electrons. The second kappa shape index (κ2) is 10.6. The van der Waals surface area contributed by atoms with E-state index in [1.54, 1.807) is 24.5 Å². The highest BCUT2D eigenvalue weighted by atomic mass is 32.2. The third-order valence-corrected chi connectivity index (χ3v) is 5.14. The Labute approximate surface area is 173 Å². The van der Waals surface area contributed by atoms with Gasteiger partial charge in [0.05, 0.1) is 18.4 Å². The van der Waals surface area contributed by atoms with Crippen molar-refractivity contribution < 1.29 is 27.8 Å². The number of carbonyl (C=O) groups is 1. The summed E-state index contributed by atoms with van der Waals surface area (Å²) < 4.78 is 29.4. The zero-order chi connectivity index (χ0) is 21.4. The Balaban J connectivity index is 2.14. The molecule has 0 spiro atoms. The minimum atomic E-state index is -3.61. The lowest BCUT2D eigenvalue weighted by molar-refractivity contribution is -0.00410. The Hall–Kier alpha value is -2.15. The Morgan fingerprint density at radius 1 is 1.31 bits per heavy atom. The standard InChI is InChI=1S/C17H24N4O6S2/c1-28-8-5-14(22)15(23)12(9-11-3-6-18-7-4-11)19-16(24)13-10-27-17(20-13)21-29(2,25)26/h3-4,6-7,10,12,14-15,22-23H,5,8-9H2,1-2H3,(H,19,24)(H,20,21). The first kappa shape index (κ1) is 23.1. The van der Waals surface area contributed by atoms with E-state index in [0.29, 0.717) is 12.2 Å². The van der Waals surface area contributed by atoms with E-state index < -0.39 is 34.2 Å². The molecule has 4 N–H and O–H groups in total. The van der Waals surface area contributed by atoms with Gasteiger partial charge in [-0.15, -0.1) is 0 Å². The monoisotopic (exact) mass is 444 g/mol. The first-order chi connectivity index (χ1) is 13.7. The summed E-state index contributed by atoms with van der Waals surface area (Å²) in [7, 11) is -3.61. The molecule has 10 nitrogen and oxygen atoms in total. The van der Waals surface area contributed by atoms with Crippen LogP contribution in [-0.2, 0) is 16.4 Å². The van der Waals surface area contributed by atoms with Crippen molar-refractivity contribution in [2.45, 2.75) is 31.1 Å². The highest BCUT2D eigenvalue weighted by molar-refractivity contribution is 7.98. The number of aromatic nitrogens is 2. The highest BCUT2D eigenvalue weighted by Crippen LogP contribution is 2.14. The molecule has 2 heterocycles. The third-order valence-electron chi connectivity index (χ3n) is 3.96. The molecule has 0 aromatic carbocycles. The van der Waals surface area contributed by atoms with Crippen molar-refractivity contribution in [1.29, 1.82) is 0 Å². The lowest BCUT2D eigenvalue weighted by Crippen LogP contribution is -2.50. The van der Waals surface area contributed by atoms with Gasteiger partial charge >= 0.3 is 6.01 Å². The first-order valence-corrected chi connectivity index (χ1v) is 12.0. The van der Waals surface area contributed by atoms with Crippen LogP contribution in [0.5, 0.6) is 0 Å². The summed E-state index contributed by atoms with van der Waals surface area (Å²) in [5.74, 6) is -0.0247. The predicted molar refractivity (Wildman–Crippen MR) is 109 cm³/mol. The summed E-state index contributed by atoms with van der Waals surface area (Å²) in [5.41, 5.74) is 0.641. The highest BCUT2D eigenvalue weighted by Gasteiger charge is 2.29. The van der Waals surface area contributed by atoms with Crippen LogP contribution in [0.4, 0.5) is 6.01 Å². The van der Waals surface area contributed by atoms with E-state index in [1.165, 1.54) is 11.8 Å². The minimum Gasteiger partial charge on any atom is -0.431 e. The first-order valence-electron chi connectivity index (χ1n) is 8.67. The van der Waals surface area contributed by atoms with Gasteiger partial charge < -0.3 is 19.9 Å². The second-order valence-corrected chi connectivity index (χ2v) is 9.13. The van der Waals surface area contributed by atoms with Crippen molar-refractivity contribution in [2.75, 3.05) is 23.0 Å². The molecule has 0 aliphatic rings. The zero-order valence-corrected chi connectivity index (χ0v) is 17.6. The third kappa shape index (κ3) is 7.65. The number of nitrogens with zero attached hydrogens (tertiary/aromatic N) is 2. The molecule has 29 heavy (non-hydrogen) atoms. The molecule has 0 fully saturated rings. The SMILES string of the molecule is CSCCC(O)C(O)C(Cc1ccncc1)NC(=O)c1coc(NS(C)(=O)=O)n1. The van der Waals surface area contributed by atoms with Gasteiger partial charge in [-0.1, -0.05) is 0 Å². The molecule has 0 saturated carbocycles. The summed E-state index contributed by atoms with van der Waals surface area (Å²) in [6, 6.07) is 2.32. The summed E-state index contributed by atoms with van der Waals surface area (Å²) in [6.45, 7) is 0. The Kier molecular flexibility index (Phi) is 8.44. The number of sulfonamides is 1. The van der Waals surface area contributed by atoms with E-state index in [2.05, 4.69) is 15.3 Å². The molecule has 3 unspecified atom stereocenters. The Morgan fingerprint density at radius 2 is 2.00 bits per heavy atom. The van der Waals surface area contributed by atoms with Crippen molar-refractivity contribution in [3.05, 3.63) is 42.0 Å². The van der Waals surface area contributed by atoms with E-state index in [4.69, 9.17) is 4.42 Å². The van der Waals surface area contributed by atoms with Crippen LogP contribution in [0, 0.1) is 0 Å². The van der Waals surface area contributed by atoms with E-state index in [1.807, 2.05) is 11.0 Å². The molecule has 2 rings (SSSR count). The fraction of sp³-hybridized carbons (Fsp3) is 0.471. The average Bonchev–Trinajstić information content (AvgIpc) is 3.12. The Bertz CT molecular complexity index is 890. The lowest BCUT2D eigenvalue weighted by Gasteiger charge is -2.27. The molecule has 2 aromatic rings. The van der Waals surface area contributed by atoms with Crippen LogP contribution in [0.2, 0.25) is 0 Å². The molecule has 2 aromatic heterocycles. The summed E-state index contributed by atoms with van der Waals surface area (Å²) in [4.78, 5) is 20.3. The predicted octanol–water partition coefficient (Wildman–Crippen LogP) is 0.257. The molecular formula is C17H24N4O6S2. The number of anilines is 1. The molecule has 1 amide bonds. The number of rotatable bonds is 11. The average molecular weight is 445 g/mol. The van der Waals surface area contributed by atoms with Gasteiger partial charge in [-0.3, -0.25) is 9.78 Å². The number of oxazole rings is 1. The van der Waals surface area contributed by atoms with E-state index >= 15 is 0 Å². The summed E-state index contributed by atoms with van der Waals surface area (Å²) in [5, 5.41) is 23.5. The van der Waals surface area contributed by atoms with Gasteiger partial charge in [-0.2, -0.15) is 16.7 Å². The zero-order valence-electron chi connectivity index (χ0n) is 16.0. The quantitative estimate of drug-likeness (QED) is 0.382. The maximum atomic E-state index is 12.5. The van der Waals surface area contributed by atoms with Crippen LogP contribution in [-0.4, -0.2) is 71.0 Å². The molecular weight excluding hydrogens is 420 g/mol. The lowest BCUT2D eigenvalue weighted by atomic mass is 9.97. The Morgan fingerprint density at radius 3 is 2.62 bits per heavy atom. The van der Waals surface area contributed by atoms with E-state index in [0.717, 1.165) is 18.1 Å². The maximum Gasteiger partial charge on any atom is 0.309 e. The molecule has 0 aliphatic heterocycles. The van der Waals surface area contributed by atoms with Crippen molar-refractivity contribution >= 4 is 33.7 Å². The topological polar surface area (TPSA) is 155 Å². The number of carbonyl (C=O) groups excluding carboxylic acids is 1. The number of hydrogen-bond donors (Lipinski definition) is 4. The number of nitrogens with one attached hydrogen (secondary N) is 2. The van der Waals surface area contributed by atoms with Crippen LogP contribution in [0.3, 0.4) is 0 Å². The fourth-order valence-electron chi connectivity index (χ4n) is 2.53.